The van der Waals surface area contributed by atoms with Crippen LogP contribution < -0.4 is 10.1 Å². The van der Waals surface area contributed by atoms with Gasteiger partial charge in [-0.25, -0.2) is 0 Å². The zero-order chi connectivity index (χ0) is 19.4. The monoisotopic (exact) mass is 389 g/mol. The Bertz CT molecular complexity index is 794. The van der Waals surface area contributed by atoms with Gasteiger partial charge in [0.15, 0.2) is 0 Å². The summed E-state index contributed by atoms with van der Waals surface area (Å²) in [4.78, 5) is 12.7. The van der Waals surface area contributed by atoms with Crippen LogP contribution in [0.2, 0.25) is 0 Å². The number of tetrazole rings is 1. The highest BCUT2D eigenvalue weighted by molar-refractivity contribution is 8.00. The highest BCUT2D eigenvalue weighted by atomic mass is 32.2. The molecular weight excluding hydrogens is 362 g/mol. The molecule has 3 atom stereocenters. The number of nitrogens with zero attached hydrogens (tertiary/aromatic N) is 4. The molecule has 3 rings (SSSR count). The van der Waals surface area contributed by atoms with E-state index < -0.39 is 0 Å². The van der Waals surface area contributed by atoms with Crippen molar-refractivity contribution in [3.63, 3.8) is 0 Å². The average Bonchev–Trinajstić information content (AvgIpc) is 3.11. The quantitative estimate of drug-likeness (QED) is 0.764. The van der Waals surface area contributed by atoms with E-state index in [0.717, 1.165) is 17.7 Å². The molecule has 0 unspecified atom stereocenters. The summed E-state index contributed by atoms with van der Waals surface area (Å²) < 4.78 is 7.07. The Hall–Kier alpha value is -2.09. The number of thioether (sulfide) groups is 1. The minimum absolute atomic E-state index is 0.0320. The van der Waals surface area contributed by atoms with Crippen LogP contribution in [0.15, 0.2) is 23.4 Å². The zero-order valence-corrected chi connectivity index (χ0v) is 17.1. The van der Waals surface area contributed by atoms with Crippen molar-refractivity contribution >= 4 is 17.7 Å². The lowest BCUT2D eigenvalue weighted by Gasteiger charge is -2.30. The van der Waals surface area contributed by atoms with Gasteiger partial charge >= 0.3 is 0 Å². The molecule has 0 spiro atoms. The van der Waals surface area contributed by atoms with E-state index in [2.05, 4.69) is 27.8 Å². The van der Waals surface area contributed by atoms with Crippen molar-refractivity contribution in [2.45, 2.75) is 62.9 Å². The third kappa shape index (κ3) is 4.61. The van der Waals surface area contributed by atoms with Crippen LogP contribution in [-0.4, -0.2) is 44.5 Å². The number of methoxy groups -OCH3 is 1. The molecule has 27 heavy (non-hydrogen) atoms. The number of nitrogens with one attached hydrogen (secondary N) is 1. The van der Waals surface area contributed by atoms with Gasteiger partial charge in [0, 0.05) is 6.04 Å². The third-order valence-corrected chi connectivity index (χ3v) is 6.13. The molecule has 2 aromatic rings. The maximum atomic E-state index is 12.7. The zero-order valence-electron chi connectivity index (χ0n) is 16.3. The summed E-state index contributed by atoms with van der Waals surface area (Å²) in [5.74, 6) is 1.24. The van der Waals surface area contributed by atoms with Gasteiger partial charge in [-0.3, -0.25) is 4.79 Å². The lowest BCUT2D eigenvalue weighted by molar-refractivity contribution is -0.121. The number of hydrogen-bond acceptors (Lipinski definition) is 6. The predicted molar refractivity (Wildman–Crippen MR) is 105 cm³/mol. The van der Waals surface area contributed by atoms with Crippen molar-refractivity contribution in [2.24, 2.45) is 5.92 Å². The van der Waals surface area contributed by atoms with Gasteiger partial charge in [0.1, 0.15) is 11.4 Å². The summed E-state index contributed by atoms with van der Waals surface area (Å²) in [6.45, 7) is 6.11. The fourth-order valence-corrected chi connectivity index (χ4v) is 4.22. The van der Waals surface area contributed by atoms with E-state index in [1.807, 2.05) is 32.0 Å². The number of carbonyl (C=O) groups is 1. The molecule has 8 heteroatoms. The first-order valence-electron chi connectivity index (χ1n) is 9.40. The minimum Gasteiger partial charge on any atom is -0.494 e. The van der Waals surface area contributed by atoms with E-state index in [4.69, 9.17) is 4.74 Å². The topological polar surface area (TPSA) is 81.9 Å². The van der Waals surface area contributed by atoms with Crippen LogP contribution in [0.5, 0.6) is 5.75 Å². The Morgan fingerprint density at radius 1 is 1.37 bits per heavy atom. The molecule has 1 aromatic carbocycles. The fourth-order valence-electron chi connectivity index (χ4n) is 3.41. The molecule has 0 bridgehead atoms. The number of amides is 1. The minimum atomic E-state index is -0.292. The van der Waals surface area contributed by atoms with E-state index in [9.17, 15) is 4.79 Å². The Kier molecular flexibility index (Phi) is 6.36. The number of benzene rings is 1. The largest absolute Gasteiger partial charge is 0.494 e. The van der Waals surface area contributed by atoms with Crippen LogP contribution >= 0.6 is 11.8 Å². The predicted octanol–water partition coefficient (Wildman–Crippen LogP) is 3.15. The molecule has 7 nitrogen and oxygen atoms in total. The molecule has 1 amide bonds. The van der Waals surface area contributed by atoms with Crippen molar-refractivity contribution < 1.29 is 9.53 Å². The van der Waals surface area contributed by atoms with Crippen LogP contribution in [0.4, 0.5) is 0 Å². The molecule has 146 valence electrons. The Labute approximate surface area is 164 Å². The van der Waals surface area contributed by atoms with Crippen LogP contribution in [-0.2, 0) is 4.79 Å². The highest BCUT2D eigenvalue weighted by Crippen LogP contribution is 2.29. The summed E-state index contributed by atoms with van der Waals surface area (Å²) in [6.07, 6.45) is 4.67. The van der Waals surface area contributed by atoms with Crippen molar-refractivity contribution in [2.75, 3.05) is 7.11 Å². The number of hydrogen-bond donors (Lipinski definition) is 1. The van der Waals surface area contributed by atoms with Crippen LogP contribution in [0, 0.1) is 12.8 Å². The van der Waals surface area contributed by atoms with Crippen molar-refractivity contribution in [1.82, 2.24) is 25.5 Å². The summed E-state index contributed by atoms with van der Waals surface area (Å²) >= 11 is 1.35. The lowest BCUT2D eigenvalue weighted by Crippen LogP contribution is -2.44. The second-order valence-corrected chi connectivity index (χ2v) is 8.49. The van der Waals surface area contributed by atoms with Gasteiger partial charge in [-0.1, -0.05) is 37.6 Å². The molecule has 1 aromatic heterocycles. The molecule has 1 fully saturated rings. The number of ether oxygens (including phenoxy) is 1. The first-order valence-corrected chi connectivity index (χ1v) is 10.3. The molecule has 0 saturated heterocycles. The van der Waals surface area contributed by atoms with Gasteiger partial charge in [0.25, 0.3) is 0 Å². The maximum absolute atomic E-state index is 12.7. The summed E-state index contributed by atoms with van der Waals surface area (Å²) in [6, 6.07) is 6.10. The van der Waals surface area contributed by atoms with Gasteiger partial charge in [0.05, 0.1) is 12.4 Å². The average molecular weight is 390 g/mol. The summed E-state index contributed by atoms with van der Waals surface area (Å²) in [5.41, 5.74) is 1.84. The molecular formula is C19H27N5O2S. The molecule has 0 radical (unpaired) electrons. The Morgan fingerprint density at radius 3 is 2.89 bits per heavy atom. The van der Waals surface area contributed by atoms with E-state index in [1.165, 1.54) is 31.0 Å². The molecule has 1 aliphatic rings. The smallest absolute Gasteiger partial charge is 0.233 e. The molecule has 1 N–H and O–H groups in total. The number of aryl methyl sites for hydroxylation is 1. The third-order valence-electron chi connectivity index (χ3n) is 5.09. The van der Waals surface area contributed by atoms with Gasteiger partial charge in [-0.05, 0) is 60.7 Å². The number of carbonyl (C=O) groups excluding carboxylic acids is 1. The molecule has 0 aliphatic heterocycles. The standard InChI is InChI=1S/C19H27N5O2S/c1-12-9-10-17(26-4)16(11-12)24-19(21-22-23-24)27-14(3)18(25)20-15-8-6-5-7-13(15)2/h9-11,13-15H,5-8H2,1-4H3,(H,20,25)/t13-,14-,15+/m0/s1. The van der Waals surface area contributed by atoms with Crippen LogP contribution in [0.25, 0.3) is 5.69 Å². The van der Waals surface area contributed by atoms with Gasteiger partial charge in [-0.2, -0.15) is 4.68 Å². The van der Waals surface area contributed by atoms with Gasteiger partial charge in [-0.15, -0.1) is 5.10 Å². The highest BCUT2D eigenvalue weighted by Gasteiger charge is 2.26. The molecule has 1 aliphatic carbocycles. The van der Waals surface area contributed by atoms with Crippen molar-refractivity contribution in [1.29, 1.82) is 0 Å². The van der Waals surface area contributed by atoms with E-state index in [1.54, 1.807) is 11.8 Å². The van der Waals surface area contributed by atoms with Gasteiger partial charge < -0.3 is 10.1 Å². The first-order chi connectivity index (χ1) is 13.0. The Balaban J connectivity index is 1.72. The second-order valence-electron chi connectivity index (χ2n) is 7.19. The van der Waals surface area contributed by atoms with E-state index in [0.29, 0.717) is 16.8 Å². The maximum Gasteiger partial charge on any atom is 0.233 e. The molecule has 1 heterocycles. The van der Waals surface area contributed by atoms with E-state index >= 15 is 0 Å². The lowest BCUT2D eigenvalue weighted by atomic mass is 9.86. The Morgan fingerprint density at radius 2 is 2.15 bits per heavy atom. The van der Waals surface area contributed by atoms with Crippen LogP contribution in [0.1, 0.15) is 45.1 Å². The van der Waals surface area contributed by atoms with Crippen molar-refractivity contribution in [3.8, 4) is 11.4 Å². The summed E-state index contributed by atoms with van der Waals surface area (Å²) in [7, 11) is 1.62. The van der Waals surface area contributed by atoms with Gasteiger partial charge in [0.2, 0.25) is 11.1 Å². The van der Waals surface area contributed by atoms with Crippen LogP contribution in [0.3, 0.4) is 0 Å². The first kappa shape index (κ1) is 19.7. The van der Waals surface area contributed by atoms with E-state index in [-0.39, 0.29) is 17.2 Å². The fraction of sp³-hybridized carbons (Fsp3) is 0.579. The second kappa shape index (κ2) is 8.73. The van der Waals surface area contributed by atoms with Crippen molar-refractivity contribution in [3.05, 3.63) is 23.8 Å². The number of aromatic nitrogens is 4. The summed E-state index contributed by atoms with van der Waals surface area (Å²) in [5, 5.41) is 15.5. The molecule has 1 saturated carbocycles. The number of rotatable bonds is 6. The normalized spacial score (nSPS) is 20.9. The SMILES string of the molecule is COc1ccc(C)cc1-n1nnnc1S[C@@H](C)C(=O)N[C@@H]1CCCC[C@@H]1C.